The van der Waals surface area contributed by atoms with Gasteiger partial charge >= 0.3 is 17.9 Å². The summed E-state index contributed by atoms with van der Waals surface area (Å²) in [5.74, 6) is -2.09. The van der Waals surface area contributed by atoms with Gasteiger partial charge in [-0.15, -0.1) is 0 Å². The highest BCUT2D eigenvalue weighted by molar-refractivity contribution is 5.71. The Labute approximate surface area is 310 Å². The molecule has 0 aliphatic heterocycles. The molecule has 0 spiro atoms. The smallest absolute Gasteiger partial charge is 0.361 e. The number of hydrogen-bond acceptors (Lipinski definition) is 7. The number of ether oxygens (including phenoxy) is 4. The van der Waals surface area contributed by atoms with E-state index < -0.39 is 24.3 Å². The SMILES string of the molecule is CC/C=C\C/C=C\C/C=C\C/C=C\CCCCC(=O)OC(COC(=O)CCCCCCC/C=C\CCCC)COC(OCC[N+](C)(C)C)C(=O)O. The largest absolute Gasteiger partial charge is 0.477 e. The zero-order chi connectivity index (χ0) is 37.8. The molecule has 0 saturated heterocycles. The summed E-state index contributed by atoms with van der Waals surface area (Å²) in [5.41, 5.74) is 0. The van der Waals surface area contributed by atoms with Crippen molar-refractivity contribution in [1.29, 1.82) is 0 Å². The van der Waals surface area contributed by atoms with E-state index in [1.54, 1.807) is 0 Å². The second-order valence-corrected chi connectivity index (χ2v) is 13.8. The van der Waals surface area contributed by atoms with Gasteiger partial charge in [0.2, 0.25) is 0 Å². The maximum atomic E-state index is 12.7. The number of carbonyl (C=O) groups excluding carboxylic acids is 2. The third kappa shape index (κ3) is 35.2. The van der Waals surface area contributed by atoms with Crippen LogP contribution in [0.1, 0.15) is 129 Å². The van der Waals surface area contributed by atoms with Crippen molar-refractivity contribution in [2.24, 2.45) is 0 Å². The molecule has 0 aromatic heterocycles. The van der Waals surface area contributed by atoms with Gasteiger partial charge in [0.1, 0.15) is 13.2 Å². The average molecular weight is 719 g/mol. The Morgan fingerprint density at radius 1 is 0.608 bits per heavy atom. The first-order valence-corrected chi connectivity index (χ1v) is 19.5. The Hall–Kier alpha value is -3.01. The zero-order valence-corrected chi connectivity index (χ0v) is 32.7. The van der Waals surface area contributed by atoms with Crippen LogP contribution in [0.2, 0.25) is 0 Å². The summed E-state index contributed by atoms with van der Waals surface area (Å²) in [5, 5.41) is 9.58. The molecule has 2 unspecified atom stereocenters. The van der Waals surface area contributed by atoms with Crippen molar-refractivity contribution < 1.29 is 42.9 Å². The first kappa shape index (κ1) is 48.0. The van der Waals surface area contributed by atoms with Gasteiger partial charge in [-0.3, -0.25) is 9.59 Å². The lowest BCUT2D eigenvalue weighted by atomic mass is 10.1. The fourth-order valence-electron chi connectivity index (χ4n) is 4.69. The van der Waals surface area contributed by atoms with E-state index in [0.29, 0.717) is 17.4 Å². The molecule has 0 bridgehead atoms. The summed E-state index contributed by atoms with van der Waals surface area (Å²) in [6.45, 7) is 4.62. The third-order valence-electron chi connectivity index (χ3n) is 7.76. The summed E-state index contributed by atoms with van der Waals surface area (Å²) in [6, 6.07) is 0. The highest BCUT2D eigenvalue weighted by Crippen LogP contribution is 2.11. The van der Waals surface area contributed by atoms with E-state index in [4.69, 9.17) is 18.9 Å². The molecule has 1 N–H and O–H groups in total. The molecule has 0 aromatic rings. The minimum absolute atomic E-state index is 0.175. The standard InChI is InChI=1S/C42H71NO8/c1-6-8-10-12-14-16-18-19-20-21-23-25-27-29-31-33-40(45)51-38(37-50-42(41(46)47)48-35-34-43(3,4)5)36-49-39(44)32-30-28-26-24-22-17-15-13-11-9-7-2/h8,10,13-16,19-20,23,25,38,42H,6-7,9,11-12,17-18,21-22,24,26-37H2,1-5H3/p+1/b10-8-,15-13-,16-14-,20-19-,25-23-. The van der Waals surface area contributed by atoms with Gasteiger partial charge in [-0.05, 0) is 70.6 Å². The van der Waals surface area contributed by atoms with Crippen LogP contribution in [0.15, 0.2) is 60.8 Å². The van der Waals surface area contributed by atoms with Crippen LogP contribution in [0.5, 0.6) is 0 Å². The summed E-state index contributed by atoms with van der Waals surface area (Å²) in [4.78, 5) is 36.9. The van der Waals surface area contributed by atoms with Gasteiger partial charge in [0.05, 0.1) is 34.4 Å². The Morgan fingerprint density at radius 2 is 1.12 bits per heavy atom. The Kier molecular flexibility index (Phi) is 32.1. The Morgan fingerprint density at radius 3 is 1.73 bits per heavy atom. The number of unbranched alkanes of at least 4 members (excludes halogenated alkanes) is 9. The van der Waals surface area contributed by atoms with Gasteiger partial charge in [0, 0.05) is 12.8 Å². The van der Waals surface area contributed by atoms with Crippen LogP contribution in [-0.4, -0.2) is 87.4 Å². The Balaban J connectivity index is 4.64. The van der Waals surface area contributed by atoms with Crippen molar-refractivity contribution in [2.45, 2.75) is 142 Å². The van der Waals surface area contributed by atoms with Crippen LogP contribution in [0.4, 0.5) is 0 Å². The first-order chi connectivity index (χ1) is 24.6. The van der Waals surface area contributed by atoms with Crippen LogP contribution in [0.3, 0.4) is 0 Å². The number of rotatable bonds is 34. The van der Waals surface area contributed by atoms with Crippen molar-refractivity contribution in [3.8, 4) is 0 Å². The van der Waals surface area contributed by atoms with Gasteiger partial charge in [-0.1, -0.05) is 107 Å². The number of carboxylic acids is 1. The maximum Gasteiger partial charge on any atom is 0.361 e. The number of nitrogens with zero attached hydrogens (tertiary/aromatic N) is 1. The molecule has 0 heterocycles. The number of hydrogen-bond donors (Lipinski definition) is 1. The molecule has 9 nitrogen and oxygen atoms in total. The van der Waals surface area contributed by atoms with E-state index in [-0.39, 0.29) is 38.6 Å². The highest BCUT2D eigenvalue weighted by atomic mass is 16.7. The van der Waals surface area contributed by atoms with Crippen molar-refractivity contribution in [2.75, 3.05) is 47.5 Å². The summed E-state index contributed by atoms with van der Waals surface area (Å²) >= 11 is 0. The molecule has 0 fully saturated rings. The second-order valence-electron chi connectivity index (χ2n) is 13.8. The van der Waals surface area contributed by atoms with Gasteiger partial charge in [-0.25, -0.2) is 4.79 Å². The molecule has 2 atom stereocenters. The van der Waals surface area contributed by atoms with E-state index >= 15 is 0 Å². The number of quaternary nitrogens is 1. The topological polar surface area (TPSA) is 108 Å². The monoisotopic (exact) mass is 719 g/mol. The minimum Gasteiger partial charge on any atom is -0.477 e. The lowest BCUT2D eigenvalue weighted by Gasteiger charge is -2.25. The molecule has 0 aliphatic rings. The lowest BCUT2D eigenvalue weighted by Crippen LogP contribution is -2.40. The number of carboxylic acid groups (broad SMARTS) is 1. The van der Waals surface area contributed by atoms with Crippen LogP contribution in [0.25, 0.3) is 0 Å². The van der Waals surface area contributed by atoms with Crippen LogP contribution < -0.4 is 0 Å². The molecule has 9 heteroatoms. The van der Waals surface area contributed by atoms with Crippen molar-refractivity contribution in [3.05, 3.63) is 60.8 Å². The molecule has 0 amide bonds. The van der Waals surface area contributed by atoms with Crippen LogP contribution in [-0.2, 0) is 33.3 Å². The average Bonchev–Trinajstić information content (AvgIpc) is 3.08. The molecule has 51 heavy (non-hydrogen) atoms. The van der Waals surface area contributed by atoms with Gasteiger partial charge in [-0.2, -0.15) is 0 Å². The van der Waals surface area contributed by atoms with Crippen molar-refractivity contribution in [3.63, 3.8) is 0 Å². The van der Waals surface area contributed by atoms with E-state index in [1.165, 1.54) is 12.8 Å². The van der Waals surface area contributed by atoms with Gasteiger partial charge in [0.25, 0.3) is 6.29 Å². The van der Waals surface area contributed by atoms with E-state index in [1.807, 2.05) is 21.1 Å². The van der Waals surface area contributed by atoms with E-state index in [0.717, 1.165) is 83.5 Å². The van der Waals surface area contributed by atoms with E-state index in [2.05, 4.69) is 74.6 Å². The summed E-state index contributed by atoms with van der Waals surface area (Å²) in [7, 11) is 5.92. The number of aliphatic carboxylic acids is 1. The molecular weight excluding hydrogens is 646 g/mol. The van der Waals surface area contributed by atoms with E-state index in [9.17, 15) is 19.5 Å². The maximum absolute atomic E-state index is 12.7. The Bertz CT molecular complexity index is 1020. The van der Waals surface area contributed by atoms with Crippen LogP contribution >= 0.6 is 0 Å². The molecule has 292 valence electrons. The van der Waals surface area contributed by atoms with Crippen molar-refractivity contribution in [1.82, 2.24) is 0 Å². The fraction of sp³-hybridized carbons (Fsp3) is 0.690. The third-order valence-corrected chi connectivity index (χ3v) is 7.76. The molecule has 0 rings (SSSR count). The molecule has 0 radical (unpaired) electrons. The predicted molar refractivity (Wildman–Crippen MR) is 207 cm³/mol. The number of esters is 2. The zero-order valence-electron chi connectivity index (χ0n) is 32.7. The summed E-state index contributed by atoms with van der Waals surface area (Å²) < 4.78 is 22.5. The van der Waals surface area contributed by atoms with Gasteiger partial charge < -0.3 is 28.5 Å². The highest BCUT2D eigenvalue weighted by Gasteiger charge is 2.25. The van der Waals surface area contributed by atoms with Gasteiger partial charge in [0.15, 0.2) is 6.10 Å². The fourth-order valence-corrected chi connectivity index (χ4v) is 4.69. The van der Waals surface area contributed by atoms with Crippen molar-refractivity contribution >= 4 is 17.9 Å². The minimum atomic E-state index is -1.52. The number of carbonyl (C=O) groups is 3. The van der Waals surface area contributed by atoms with Crippen LogP contribution in [0, 0.1) is 0 Å². The molecule has 0 aromatic carbocycles. The second kappa shape index (κ2) is 34.1. The number of allylic oxidation sites excluding steroid dienone is 10. The molecular formula is C42H72NO8+. The number of likely N-dealkylation sites (N-methyl/N-ethyl adjacent to an activating group) is 1. The molecule has 0 saturated carbocycles. The normalized spacial score (nSPS) is 13.7. The lowest BCUT2D eigenvalue weighted by molar-refractivity contribution is -0.870. The molecule has 0 aliphatic carbocycles. The predicted octanol–water partition coefficient (Wildman–Crippen LogP) is 9.43. The quantitative estimate of drug-likeness (QED) is 0.0231. The first-order valence-electron chi connectivity index (χ1n) is 19.5. The summed E-state index contributed by atoms with van der Waals surface area (Å²) in [6.07, 6.45) is 35.7.